The number of halogens is 1. The maximum Gasteiger partial charge on any atom is 0.0804 e. The summed E-state index contributed by atoms with van der Waals surface area (Å²) in [6.07, 6.45) is 12.1. The first-order chi connectivity index (χ1) is 8.12. The van der Waals surface area contributed by atoms with Crippen molar-refractivity contribution in [2.75, 3.05) is 33.8 Å². The minimum atomic E-state index is 0. The zero-order valence-electron chi connectivity index (χ0n) is 12.8. The zero-order valence-corrected chi connectivity index (χ0v) is 13.5. The van der Waals surface area contributed by atoms with Crippen LogP contribution in [0.15, 0.2) is 0 Å². The second-order valence-electron chi connectivity index (χ2n) is 5.93. The van der Waals surface area contributed by atoms with Crippen molar-refractivity contribution in [2.24, 2.45) is 0 Å². The molecule has 0 aliphatic heterocycles. The fraction of sp³-hybridized carbons (Fsp3) is 1.00. The Bertz CT molecular complexity index is 163. The van der Waals surface area contributed by atoms with Crippen molar-refractivity contribution in [3.05, 3.63) is 0 Å². The molecule has 0 aromatic rings. The van der Waals surface area contributed by atoms with E-state index < -0.39 is 0 Å². The number of hydrogen-bond donors (Lipinski definition) is 1. The molecule has 0 amide bonds. The lowest BCUT2D eigenvalue weighted by molar-refractivity contribution is -0.890. The lowest BCUT2D eigenvalue weighted by atomic mass is 10.1. The molecule has 112 valence electrons. The van der Waals surface area contributed by atoms with Crippen LogP contribution in [0, 0.1) is 0 Å². The summed E-state index contributed by atoms with van der Waals surface area (Å²) in [6.45, 7) is 4.97. The van der Waals surface area contributed by atoms with Gasteiger partial charge >= 0.3 is 0 Å². The van der Waals surface area contributed by atoms with Crippen molar-refractivity contribution in [3.8, 4) is 0 Å². The molecule has 0 aromatic heterocycles. The largest absolute Gasteiger partial charge is 1.00 e. The molecule has 1 N–H and O–H groups in total. The van der Waals surface area contributed by atoms with E-state index in [0.717, 1.165) is 17.4 Å². The molecule has 0 rings (SSSR count). The van der Waals surface area contributed by atoms with Crippen LogP contribution in [-0.2, 0) is 0 Å². The Hall–Kier alpha value is 0.210. The fourth-order valence-corrected chi connectivity index (χ4v) is 2.28. The Morgan fingerprint density at radius 3 is 1.67 bits per heavy atom. The van der Waals surface area contributed by atoms with Crippen LogP contribution >= 0.6 is 0 Å². The van der Waals surface area contributed by atoms with Crippen LogP contribution in [0.3, 0.4) is 0 Å². The molecular weight excluding hydrogens is 246 g/mol. The van der Waals surface area contributed by atoms with Gasteiger partial charge in [-0.15, -0.1) is 0 Å². The van der Waals surface area contributed by atoms with Gasteiger partial charge in [0, 0.05) is 13.0 Å². The SMILES string of the molecule is CCCCCCCCCC[N+](C)(C)CCCO.[Cl-]. The molecule has 0 radical (unpaired) electrons. The Kier molecular flexibility index (Phi) is 15.6. The van der Waals surface area contributed by atoms with E-state index in [1.807, 2.05) is 0 Å². The number of aliphatic hydroxyl groups is 1. The molecule has 0 bridgehead atoms. The molecule has 0 saturated heterocycles. The van der Waals surface area contributed by atoms with Crippen LogP contribution in [0.2, 0.25) is 0 Å². The number of hydrogen-bond acceptors (Lipinski definition) is 1. The lowest BCUT2D eigenvalue weighted by Crippen LogP contribution is -3.00. The quantitative estimate of drug-likeness (QED) is 0.410. The highest BCUT2D eigenvalue weighted by Gasteiger charge is 2.12. The van der Waals surface area contributed by atoms with Crippen LogP contribution in [0.25, 0.3) is 0 Å². The number of nitrogens with zero attached hydrogens (tertiary/aromatic N) is 1. The van der Waals surface area contributed by atoms with E-state index in [4.69, 9.17) is 5.11 Å². The van der Waals surface area contributed by atoms with E-state index in [1.165, 1.54) is 57.9 Å². The van der Waals surface area contributed by atoms with Crippen molar-refractivity contribution in [3.63, 3.8) is 0 Å². The number of quaternary nitrogens is 1. The molecule has 18 heavy (non-hydrogen) atoms. The van der Waals surface area contributed by atoms with Crippen molar-refractivity contribution < 1.29 is 22.0 Å². The van der Waals surface area contributed by atoms with E-state index >= 15 is 0 Å². The van der Waals surface area contributed by atoms with Gasteiger partial charge in [0.2, 0.25) is 0 Å². The molecule has 2 nitrogen and oxygen atoms in total. The highest BCUT2D eigenvalue weighted by molar-refractivity contribution is 4.46. The normalized spacial score (nSPS) is 11.3. The smallest absolute Gasteiger partial charge is 0.0804 e. The first-order valence-electron chi connectivity index (χ1n) is 7.55. The zero-order chi connectivity index (χ0) is 13.0. The molecule has 0 atom stereocenters. The second-order valence-corrected chi connectivity index (χ2v) is 5.93. The number of unbranched alkanes of at least 4 members (excludes halogenated alkanes) is 7. The van der Waals surface area contributed by atoms with E-state index in [-0.39, 0.29) is 12.4 Å². The number of rotatable bonds is 12. The van der Waals surface area contributed by atoms with Gasteiger partial charge in [0.25, 0.3) is 0 Å². The van der Waals surface area contributed by atoms with Gasteiger partial charge in [-0.05, 0) is 12.8 Å². The molecule has 0 aliphatic carbocycles. The highest BCUT2D eigenvalue weighted by atomic mass is 35.5. The molecular formula is C15H34ClNO. The topological polar surface area (TPSA) is 20.2 Å². The molecule has 0 saturated carbocycles. The molecule has 0 aliphatic rings. The summed E-state index contributed by atoms with van der Waals surface area (Å²) >= 11 is 0. The van der Waals surface area contributed by atoms with Crippen molar-refractivity contribution >= 4 is 0 Å². The van der Waals surface area contributed by atoms with Crippen LogP contribution in [0.1, 0.15) is 64.7 Å². The predicted octanol–water partition coefficient (Wildman–Crippen LogP) is 0.590. The third kappa shape index (κ3) is 14.3. The van der Waals surface area contributed by atoms with E-state index in [9.17, 15) is 0 Å². The van der Waals surface area contributed by atoms with Gasteiger partial charge in [0.15, 0.2) is 0 Å². The van der Waals surface area contributed by atoms with Crippen molar-refractivity contribution in [2.45, 2.75) is 64.7 Å². The summed E-state index contributed by atoms with van der Waals surface area (Å²) in [4.78, 5) is 0. The number of aliphatic hydroxyl groups excluding tert-OH is 1. The van der Waals surface area contributed by atoms with Gasteiger partial charge < -0.3 is 22.0 Å². The standard InChI is InChI=1S/C15H34NO.ClH/c1-4-5-6-7-8-9-10-11-13-16(2,3)14-12-15-17;/h17H,4-15H2,1-3H3;1H/q+1;/p-1. The second kappa shape index (κ2) is 13.6. The molecule has 3 heteroatoms. The highest BCUT2D eigenvalue weighted by Crippen LogP contribution is 2.10. The van der Waals surface area contributed by atoms with Gasteiger partial charge in [-0.1, -0.05) is 45.4 Å². The lowest BCUT2D eigenvalue weighted by Gasteiger charge is -2.29. The Balaban J connectivity index is 0. The average Bonchev–Trinajstić information content (AvgIpc) is 2.30. The predicted molar refractivity (Wildman–Crippen MR) is 76.2 cm³/mol. The maximum absolute atomic E-state index is 8.83. The summed E-state index contributed by atoms with van der Waals surface area (Å²) in [5.74, 6) is 0. The summed E-state index contributed by atoms with van der Waals surface area (Å²) in [5.41, 5.74) is 0. The van der Waals surface area contributed by atoms with Crippen LogP contribution < -0.4 is 12.4 Å². The van der Waals surface area contributed by atoms with Crippen molar-refractivity contribution in [1.82, 2.24) is 0 Å². The summed E-state index contributed by atoms with van der Waals surface area (Å²) in [5, 5.41) is 8.83. The van der Waals surface area contributed by atoms with Gasteiger partial charge in [-0.2, -0.15) is 0 Å². The van der Waals surface area contributed by atoms with Gasteiger partial charge in [-0.3, -0.25) is 0 Å². The van der Waals surface area contributed by atoms with Crippen molar-refractivity contribution in [1.29, 1.82) is 0 Å². The average molecular weight is 280 g/mol. The Morgan fingerprint density at radius 1 is 0.722 bits per heavy atom. The summed E-state index contributed by atoms with van der Waals surface area (Å²) < 4.78 is 1.07. The molecule has 0 fully saturated rings. The minimum Gasteiger partial charge on any atom is -1.00 e. The molecule has 0 aromatic carbocycles. The Labute approximate surface area is 121 Å². The van der Waals surface area contributed by atoms with E-state index in [0.29, 0.717) is 6.61 Å². The maximum atomic E-state index is 8.83. The van der Waals surface area contributed by atoms with Gasteiger partial charge in [-0.25, -0.2) is 0 Å². The third-order valence-corrected chi connectivity index (χ3v) is 3.54. The van der Waals surface area contributed by atoms with Crippen LogP contribution in [-0.4, -0.2) is 43.4 Å². The Morgan fingerprint density at radius 2 is 1.17 bits per heavy atom. The third-order valence-electron chi connectivity index (χ3n) is 3.54. The monoisotopic (exact) mass is 279 g/mol. The minimum absolute atomic E-state index is 0. The fourth-order valence-electron chi connectivity index (χ4n) is 2.28. The summed E-state index contributed by atoms with van der Waals surface area (Å²) in [6, 6.07) is 0. The van der Waals surface area contributed by atoms with E-state index in [2.05, 4.69) is 21.0 Å². The van der Waals surface area contributed by atoms with Gasteiger partial charge in [0.1, 0.15) is 0 Å². The van der Waals surface area contributed by atoms with Crippen LogP contribution in [0.5, 0.6) is 0 Å². The van der Waals surface area contributed by atoms with Gasteiger partial charge in [0.05, 0.1) is 27.2 Å². The first-order valence-corrected chi connectivity index (χ1v) is 7.55. The van der Waals surface area contributed by atoms with Crippen LogP contribution in [0.4, 0.5) is 0 Å². The molecule has 0 heterocycles. The molecule has 0 spiro atoms. The van der Waals surface area contributed by atoms with E-state index in [1.54, 1.807) is 0 Å². The first kappa shape index (κ1) is 20.5. The summed E-state index contributed by atoms with van der Waals surface area (Å²) in [7, 11) is 4.55. The molecule has 0 unspecified atom stereocenters.